The number of aromatic nitrogens is 2. The van der Waals surface area contributed by atoms with E-state index in [4.69, 9.17) is 9.26 Å². The van der Waals surface area contributed by atoms with Crippen molar-refractivity contribution in [1.29, 1.82) is 0 Å². The molecule has 1 aliphatic heterocycles. The molecule has 0 amide bonds. The minimum absolute atomic E-state index is 0.0181. The molecule has 1 fully saturated rings. The highest BCUT2D eigenvalue weighted by molar-refractivity contribution is 5.08. The van der Waals surface area contributed by atoms with Crippen molar-refractivity contribution >= 4 is 0 Å². The molecule has 0 radical (unpaired) electrons. The van der Waals surface area contributed by atoms with E-state index in [0.717, 1.165) is 38.2 Å². The van der Waals surface area contributed by atoms with Gasteiger partial charge in [-0.1, -0.05) is 18.5 Å². The molecular weight excluding hydrogens is 218 g/mol. The van der Waals surface area contributed by atoms with Gasteiger partial charge in [-0.3, -0.25) is 0 Å². The lowest BCUT2D eigenvalue weighted by Crippen LogP contribution is -2.25. The number of rotatable bonds is 5. The first-order valence-corrected chi connectivity index (χ1v) is 6.27. The predicted octanol–water partition coefficient (Wildman–Crippen LogP) is 1.81. The summed E-state index contributed by atoms with van der Waals surface area (Å²) in [7, 11) is 1.69. The zero-order chi connectivity index (χ0) is 12.3. The molecule has 1 aromatic heterocycles. The van der Waals surface area contributed by atoms with Crippen LogP contribution in [-0.2, 0) is 10.2 Å². The summed E-state index contributed by atoms with van der Waals surface area (Å²) in [5, 5.41) is 7.39. The summed E-state index contributed by atoms with van der Waals surface area (Å²) < 4.78 is 10.8. The Bertz CT molecular complexity index is 358. The highest BCUT2D eigenvalue weighted by Crippen LogP contribution is 2.30. The van der Waals surface area contributed by atoms with Crippen LogP contribution in [-0.4, -0.2) is 30.3 Å². The summed E-state index contributed by atoms with van der Waals surface area (Å²) in [6.45, 7) is 6.19. The fraction of sp³-hybridized carbons (Fsp3) is 0.833. The molecule has 0 aromatic carbocycles. The molecule has 0 bridgehead atoms. The van der Waals surface area contributed by atoms with Gasteiger partial charge in [0.05, 0.1) is 5.41 Å². The molecule has 5 nitrogen and oxygen atoms in total. The third-order valence-electron chi connectivity index (χ3n) is 3.45. The molecule has 1 saturated heterocycles. The summed E-state index contributed by atoms with van der Waals surface area (Å²) in [6, 6.07) is 0. The van der Waals surface area contributed by atoms with Crippen molar-refractivity contribution < 1.29 is 9.26 Å². The molecule has 2 atom stereocenters. The van der Waals surface area contributed by atoms with Crippen LogP contribution in [0.15, 0.2) is 4.52 Å². The lowest BCUT2D eigenvalue weighted by atomic mass is 9.90. The van der Waals surface area contributed by atoms with E-state index in [1.165, 1.54) is 0 Å². The van der Waals surface area contributed by atoms with E-state index in [0.29, 0.717) is 5.82 Å². The monoisotopic (exact) mass is 239 g/mol. The summed E-state index contributed by atoms with van der Waals surface area (Å²) in [5.41, 5.74) is -0.0181. The summed E-state index contributed by atoms with van der Waals surface area (Å²) in [4.78, 5) is 4.51. The summed E-state index contributed by atoms with van der Waals surface area (Å²) in [5.74, 6) is 1.41. The highest BCUT2D eigenvalue weighted by Gasteiger charge is 2.36. The number of methoxy groups -OCH3 is 1. The van der Waals surface area contributed by atoms with E-state index >= 15 is 0 Å². The fourth-order valence-electron chi connectivity index (χ4n) is 2.22. The summed E-state index contributed by atoms with van der Waals surface area (Å²) >= 11 is 0. The van der Waals surface area contributed by atoms with E-state index < -0.39 is 0 Å². The van der Waals surface area contributed by atoms with Gasteiger partial charge in [0.25, 0.3) is 0 Å². The van der Waals surface area contributed by atoms with E-state index in [1.54, 1.807) is 7.11 Å². The smallest absolute Gasteiger partial charge is 0.234 e. The molecule has 17 heavy (non-hydrogen) atoms. The van der Waals surface area contributed by atoms with Crippen molar-refractivity contribution in [2.75, 3.05) is 20.2 Å². The predicted molar refractivity (Wildman–Crippen MR) is 63.8 cm³/mol. The molecule has 2 heterocycles. The van der Waals surface area contributed by atoms with Gasteiger partial charge in [0.1, 0.15) is 6.10 Å². The minimum atomic E-state index is -0.0459. The van der Waals surface area contributed by atoms with Gasteiger partial charge in [0.15, 0.2) is 0 Å². The van der Waals surface area contributed by atoms with Crippen LogP contribution in [0.5, 0.6) is 0 Å². The van der Waals surface area contributed by atoms with Gasteiger partial charge in [-0.15, -0.1) is 0 Å². The molecule has 2 unspecified atom stereocenters. The van der Waals surface area contributed by atoms with Gasteiger partial charge in [0, 0.05) is 13.7 Å². The second kappa shape index (κ2) is 5.14. The Hall–Kier alpha value is -0.940. The van der Waals surface area contributed by atoms with Crippen molar-refractivity contribution in [3.05, 3.63) is 11.7 Å². The number of nitrogens with zero attached hydrogens (tertiary/aromatic N) is 2. The standard InChI is InChI=1S/C12H21N3O2/c1-4-5-9(16-3)10-14-11(17-15-10)12(2)6-7-13-8-12/h9,13H,4-8H2,1-3H3. The van der Waals surface area contributed by atoms with Gasteiger partial charge in [-0.25, -0.2) is 0 Å². The Morgan fingerprint density at radius 3 is 3.00 bits per heavy atom. The van der Waals surface area contributed by atoms with Crippen LogP contribution in [0.1, 0.15) is 50.9 Å². The zero-order valence-corrected chi connectivity index (χ0v) is 10.8. The van der Waals surface area contributed by atoms with Crippen molar-refractivity contribution in [2.24, 2.45) is 0 Å². The second-order valence-corrected chi connectivity index (χ2v) is 4.96. The van der Waals surface area contributed by atoms with Crippen LogP contribution in [0.25, 0.3) is 0 Å². The minimum Gasteiger partial charge on any atom is -0.373 e. The Morgan fingerprint density at radius 1 is 1.59 bits per heavy atom. The van der Waals surface area contributed by atoms with Crippen LogP contribution in [0.4, 0.5) is 0 Å². The first kappa shape index (κ1) is 12.5. The second-order valence-electron chi connectivity index (χ2n) is 4.96. The van der Waals surface area contributed by atoms with Crippen molar-refractivity contribution in [3.63, 3.8) is 0 Å². The molecule has 96 valence electrons. The van der Waals surface area contributed by atoms with Crippen LogP contribution in [0.2, 0.25) is 0 Å². The van der Waals surface area contributed by atoms with Crippen LogP contribution < -0.4 is 5.32 Å². The number of nitrogens with one attached hydrogen (secondary N) is 1. The molecule has 5 heteroatoms. The molecular formula is C12H21N3O2. The summed E-state index contributed by atoms with van der Waals surface area (Å²) in [6.07, 6.45) is 2.96. The van der Waals surface area contributed by atoms with Gasteiger partial charge >= 0.3 is 0 Å². The zero-order valence-electron chi connectivity index (χ0n) is 10.8. The number of ether oxygens (including phenoxy) is 1. The average molecular weight is 239 g/mol. The lowest BCUT2D eigenvalue weighted by molar-refractivity contribution is 0.0854. The Kier molecular flexibility index (Phi) is 3.79. The normalized spacial score (nSPS) is 26.3. The Balaban J connectivity index is 2.14. The number of hydrogen-bond donors (Lipinski definition) is 1. The van der Waals surface area contributed by atoms with Crippen molar-refractivity contribution in [1.82, 2.24) is 15.5 Å². The first-order valence-electron chi connectivity index (χ1n) is 6.27. The van der Waals surface area contributed by atoms with Gasteiger partial charge < -0.3 is 14.6 Å². The van der Waals surface area contributed by atoms with E-state index in [2.05, 4.69) is 29.3 Å². The Morgan fingerprint density at radius 2 is 2.41 bits per heavy atom. The molecule has 1 N–H and O–H groups in total. The maximum absolute atomic E-state index is 5.40. The lowest BCUT2D eigenvalue weighted by Gasteiger charge is -2.16. The number of hydrogen-bond acceptors (Lipinski definition) is 5. The molecule has 0 aliphatic carbocycles. The molecule has 1 aliphatic rings. The molecule has 2 rings (SSSR count). The van der Waals surface area contributed by atoms with Crippen LogP contribution in [0, 0.1) is 0 Å². The molecule has 0 saturated carbocycles. The van der Waals surface area contributed by atoms with Gasteiger partial charge in [0.2, 0.25) is 11.7 Å². The third-order valence-corrected chi connectivity index (χ3v) is 3.45. The largest absolute Gasteiger partial charge is 0.373 e. The van der Waals surface area contributed by atoms with Crippen molar-refractivity contribution in [2.45, 2.75) is 44.6 Å². The van der Waals surface area contributed by atoms with Crippen molar-refractivity contribution in [3.8, 4) is 0 Å². The molecule has 1 aromatic rings. The highest BCUT2D eigenvalue weighted by atomic mass is 16.5. The van der Waals surface area contributed by atoms with Crippen LogP contribution in [0.3, 0.4) is 0 Å². The maximum atomic E-state index is 5.40. The fourth-order valence-corrected chi connectivity index (χ4v) is 2.22. The maximum Gasteiger partial charge on any atom is 0.234 e. The Labute approximate surface area is 102 Å². The van der Waals surface area contributed by atoms with E-state index in [1.807, 2.05) is 0 Å². The molecule has 0 spiro atoms. The first-order chi connectivity index (χ1) is 8.19. The van der Waals surface area contributed by atoms with Crippen LogP contribution >= 0.6 is 0 Å². The van der Waals surface area contributed by atoms with Gasteiger partial charge in [-0.2, -0.15) is 4.98 Å². The quantitative estimate of drug-likeness (QED) is 0.849. The van der Waals surface area contributed by atoms with E-state index in [9.17, 15) is 0 Å². The topological polar surface area (TPSA) is 60.2 Å². The van der Waals surface area contributed by atoms with E-state index in [-0.39, 0.29) is 11.5 Å². The average Bonchev–Trinajstić information content (AvgIpc) is 2.95. The SMILES string of the molecule is CCCC(OC)c1noc(C2(C)CCNC2)n1. The third kappa shape index (κ3) is 2.50. The van der Waals surface area contributed by atoms with Gasteiger partial charge in [-0.05, 0) is 26.3 Å².